The van der Waals surface area contributed by atoms with Gasteiger partial charge in [-0.3, -0.25) is 9.59 Å². The second-order valence-electron chi connectivity index (χ2n) is 4.96. The van der Waals surface area contributed by atoms with Gasteiger partial charge in [-0.25, -0.2) is 0 Å². The van der Waals surface area contributed by atoms with Crippen LogP contribution in [0.4, 0.5) is 0 Å². The third-order valence-corrected chi connectivity index (χ3v) is 4.30. The minimum atomic E-state index is -0.939. The lowest BCUT2D eigenvalue weighted by Gasteiger charge is -2.23. The molecule has 0 fully saturated rings. The molecule has 2 aromatic rings. The zero-order valence-corrected chi connectivity index (χ0v) is 12.7. The largest absolute Gasteiger partial charge is 0.481 e. The molecule has 0 bridgehead atoms. The van der Waals surface area contributed by atoms with E-state index in [1.165, 1.54) is 11.3 Å². The molecule has 2 rings (SSSR count). The molecule has 2 N–H and O–H groups in total. The first kappa shape index (κ1) is 15.3. The molecule has 0 aliphatic rings. The quantitative estimate of drug-likeness (QED) is 0.891. The molecule has 1 heterocycles. The lowest BCUT2D eigenvalue weighted by atomic mass is 9.94. The van der Waals surface area contributed by atoms with Crippen LogP contribution < -0.4 is 5.32 Å². The number of aryl methyl sites for hydroxylation is 1. The van der Waals surface area contributed by atoms with E-state index in [0.29, 0.717) is 5.56 Å². The molecule has 21 heavy (non-hydrogen) atoms. The van der Waals surface area contributed by atoms with Crippen LogP contribution in [0.1, 0.15) is 34.5 Å². The molecule has 0 spiro atoms. The standard InChI is InChI=1S/C16H17NO3S/c1-10-8-21-9-13(10)15(18)17-14(11(2)16(19)20)12-6-4-3-5-7-12/h3-9,11,14H,1-2H3,(H,17,18)(H,19,20)/t11-,14-/m0/s1. The smallest absolute Gasteiger partial charge is 0.308 e. The number of amides is 1. The SMILES string of the molecule is Cc1cscc1C(=O)N[C@H](c1ccccc1)[C@H](C)C(=O)O. The normalized spacial score (nSPS) is 13.4. The summed E-state index contributed by atoms with van der Waals surface area (Å²) in [6.07, 6.45) is 0. The lowest BCUT2D eigenvalue weighted by Crippen LogP contribution is -2.35. The summed E-state index contributed by atoms with van der Waals surface area (Å²) in [7, 11) is 0. The molecular weight excluding hydrogens is 286 g/mol. The van der Waals surface area contributed by atoms with Crippen LogP contribution in [0, 0.1) is 12.8 Å². The fraction of sp³-hybridized carbons (Fsp3) is 0.250. The number of benzene rings is 1. The number of carbonyl (C=O) groups excluding carboxylic acids is 1. The third kappa shape index (κ3) is 3.49. The number of rotatable bonds is 5. The van der Waals surface area contributed by atoms with Gasteiger partial charge in [0.25, 0.3) is 5.91 Å². The van der Waals surface area contributed by atoms with E-state index in [1.807, 2.05) is 42.6 Å². The monoisotopic (exact) mass is 303 g/mol. The minimum Gasteiger partial charge on any atom is -0.481 e. The second-order valence-corrected chi connectivity index (χ2v) is 5.70. The third-order valence-electron chi connectivity index (χ3n) is 3.43. The molecule has 5 heteroatoms. The molecule has 0 unspecified atom stereocenters. The summed E-state index contributed by atoms with van der Waals surface area (Å²) in [5.74, 6) is -1.89. The molecule has 110 valence electrons. The Hall–Kier alpha value is -2.14. The molecule has 1 amide bonds. The fourth-order valence-corrected chi connectivity index (χ4v) is 2.94. The summed E-state index contributed by atoms with van der Waals surface area (Å²) in [5, 5.41) is 15.8. The van der Waals surface area contributed by atoms with Gasteiger partial charge in [0, 0.05) is 5.38 Å². The zero-order chi connectivity index (χ0) is 15.4. The highest BCUT2D eigenvalue weighted by Crippen LogP contribution is 2.23. The van der Waals surface area contributed by atoms with Crippen molar-refractivity contribution in [1.29, 1.82) is 0 Å². The number of hydrogen-bond donors (Lipinski definition) is 2. The van der Waals surface area contributed by atoms with Crippen LogP contribution in [0.25, 0.3) is 0 Å². The van der Waals surface area contributed by atoms with Crippen LogP contribution in [-0.2, 0) is 4.79 Å². The average molecular weight is 303 g/mol. The van der Waals surface area contributed by atoms with E-state index in [-0.39, 0.29) is 5.91 Å². The first-order valence-electron chi connectivity index (χ1n) is 6.62. The Bertz CT molecular complexity index is 636. The van der Waals surface area contributed by atoms with Crippen molar-refractivity contribution in [3.05, 3.63) is 57.8 Å². The predicted octanol–water partition coefficient (Wildman–Crippen LogP) is 3.25. The van der Waals surface area contributed by atoms with Crippen molar-refractivity contribution in [2.45, 2.75) is 19.9 Å². The number of aliphatic carboxylic acids is 1. The van der Waals surface area contributed by atoms with Crippen LogP contribution in [0.5, 0.6) is 0 Å². The number of carbonyl (C=O) groups is 2. The van der Waals surface area contributed by atoms with Gasteiger partial charge in [0.05, 0.1) is 17.5 Å². The Morgan fingerprint density at radius 2 is 1.86 bits per heavy atom. The fourth-order valence-electron chi connectivity index (χ4n) is 2.11. The highest BCUT2D eigenvalue weighted by molar-refractivity contribution is 7.08. The maximum atomic E-state index is 12.3. The van der Waals surface area contributed by atoms with Gasteiger partial charge in [0.1, 0.15) is 0 Å². The Labute approximate surface area is 127 Å². The molecular formula is C16H17NO3S. The topological polar surface area (TPSA) is 66.4 Å². The summed E-state index contributed by atoms with van der Waals surface area (Å²) in [5.41, 5.74) is 2.28. The maximum absolute atomic E-state index is 12.3. The van der Waals surface area contributed by atoms with Crippen molar-refractivity contribution in [2.75, 3.05) is 0 Å². The van der Waals surface area contributed by atoms with E-state index in [4.69, 9.17) is 0 Å². The van der Waals surface area contributed by atoms with Gasteiger partial charge >= 0.3 is 5.97 Å². The average Bonchev–Trinajstić information content (AvgIpc) is 2.91. The van der Waals surface area contributed by atoms with Crippen LogP contribution in [0.15, 0.2) is 41.1 Å². The lowest BCUT2D eigenvalue weighted by molar-refractivity contribution is -0.142. The summed E-state index contributed by atoms with van der Waals surface area (Å²) in [6, 6.07) is 8.61. The van der Waals surface area contributed by atoms with Crippen molar-refractivity contribution in [2.24, 2.45) is 5.92 Å². The molecule has 0 saturated heterocycles. The number of carboxylic acids is 1. The molecule has 2 atom stereocenters. The van der Waals surface area contributed by atoms with E-state index < -0.39 is 17.9 Å². The number of nitrogens with one attached hydrogen (secondary N) is 1. The Balaban J connectivity index is 2.27. The molecule has 0 saturated carbocycles. The minimum absolute atomic E-state index is 0.240. The Morgan fingerprint density at radius 3 is 2.38 bits per heavy atom. The Kier molecular flexibility index (Phi) is 4.75. The van der Waals surface area contributed by atoms with Gasteiger partial charge < -0.3 is 10.4 Å². The second kappa shape index (κ2) is 6.54. The first-order valence-corrected chi connectivity index (χ1v) is 7.56. The molecule has 0 aliphatic heterocycles. The van der Waals surface area contributed by atoms with Crippen LogP contribution >= 0.6 is 11.3 Å². The van der Waals surface area contributed by atoms with Gasteiger partial charge in [-0.2, -0.15) is 11.3 Å². The summed E-state index contributed by atoms with van der Waals surface area (Å²) in [4.78, 5) is 23.6. The van der Waals surface area contributed by atoms with Crippen molar-refractivity contribution in [3.8, 4) is 0 Å². The van der Waals surface area contributed by atoms with Gasteiger partial charge in [-0.15, -0.1) is 0 Å². The van der Waals surface area contributed by atoms with Crippen molar-refractivity contribution in [1.82, 2.24) is 5.32 Å². The van der Waals surface area contributed by atoms with E-state index in [2.05, 4.69) is 5.32 Å². The van der Waals surface area contributed by atoms with Crippen molar-refractivity contribution < 1.29 is 14.7 Å². The van der Waals surface area contributed by atoms with Gasteiger partial charge in [-0.05, 0) is 30.4 Å². The summed E-state index contributed by atoms with van der Waals surface area (Å²) in [6.45, 7) is 3.46. The molecule has 0 aliphatic carbocycles. The van der Waals surface area contributed by atoms with E-state index in [9.17, 15) is 14.7 Å². The molecule has 0 radical (unpaired) electrons. The number of hydrogen-bond acceptors (Lipinski definition) is 3. The van der Waals surface area contributed by atoms with Crippen molar-refractivity contribution in [3.63, 3.8) is 0 Å². The number of thiophene rings is 1. The number of carboxylic acid groups (broad SMARTS) is 1. The van der Waals surface area contributed by atoms with Crippen LogP contribution in [0.2, 0.25) is 0 Å². The highest BCUT2D eigenvalue weighted by Gasteiger charge is 2.27. The van der Waals surface area contributed by atoms with Crippen LogP contribution in [0.3, 0.4) is 0 Å². The zero-order valence-electron chi connectivity index (χ0n) is 11.9. The van der Waals surface area contributed by atoms with Gasteiger partial charge in [0.15, 0.2) is 0 Å². The van der Waals surface area contributed by atoms with Crippen molar-refractivity contribution >= 4 is 23.2 Å². The van der Waals surface area contributed by atoms with Crippen LogP contribution in [-0.4, -0.2) is 17.0 Å². The molecule has 4 nitrogen and oxygen atoms in total. The van der Waals surface area contributed by atoms with Gasteiger partial charge in [-0.1, -0.05) is 30.3 Å². The first-order chi connectivity index (χ1) is 10.0. The van der Waals surface area contributed by atoms with E-state index >= 15 is 0 Å². The van der Waals surface area contributed by atoms with Gasteiger partial charge in [0.2, 0.25) is 0 Å². The molecule has 1 aromatic carbocycles. The summed E-state index contributed by atoms with van der Waals surface area (Å²) >= 11 is 1.45. The highest BCUT2D eigenvalue weighted by atomic mass is 32.1. The Morgan fingerprint density at radius 1 is 1.19 bits per heavy atom. The predicted molar refractivity (Wildman–Crippen MR) is 82.5 cm³/mol. The van der Waals surface area contributed by atoms with E-state index in [0.717, 1.165) is 11.1 Å². The summed E-state index contributed by atoms with van der Waals surface area (Å²) < 4.78 is 0. The molecule has 1 aromatic heterocycles. The van der Waals surface area contributed by atoms with E-state index in [1.54, 1.807) is 12.3 Å². The maximum Gasteiger partial charge on any atom is 0.308 e.